The molecule has 1 fully saturated rings. The van der Waals surface area contributed by atoms with Crippen molar-refractivity contribution in [1.29, 1.82) is 0 Å². The molecule has 0 spiro atoms. The van der Waals surface area contributed by atoms with Gasteiger partial charge in [0.2, 0.25) is 5.91 Å². The van der Waals surface area contributed by atoms with E-state index in [0.717, 1.165) is 12.8 Å². The van der Waals surface area contributed by atoms with Gasteiger partial charge in [-0.15, -0.1) is 0 Å². The Bertz CT molecular complexity index is 391. The van der Waals surface area contributed by atoms with Crippen molar-refractivity contribution in [2.45, 2.75) is 58.0 Å². The van der Waals surface area contributed by atoms with Gasteiger partial charge in [-0.25, -0.2) is 0 Å². The number of carboxylic acids is 1. The highest BCUT2D eigenvalue weighted by Gasteiger charge is 2.38. The zero-order valence-electron chi connectivity index (χ0n) is 14.4. The molecular weight excluding hydrogens is 284 g/mol. The number of aliphatic carboxylic acids is 1. The second-order valence-electron chi connectivity index (χ2n) is 7.57. The molecule has 22 heavy (non-hydrogen) atoms. The van der Waals surface area contributed by atoms with Crippen molar-refractivity contribution < 1.29 is 19.4 Å². The van der Waals surface area contributed by atoms with Crippen molar-refractivity contribution in [2.75, 3.05) is 26.8 Å². The average molecular weight is 314 g/mol. The Kier molecular flexibility index (Phi) is 6.38. The minimum atomic E-state index is -0.990. The van der Waals surface area contributed by atoms with Crippen LogP contribution in [0, 0.1) is 5.92 Å². The monoisotopic (exact) mass is 314 g/mol. The first-order valence-corrected chi connectivity index (χ1v) is 7.82. The van der Waals surface area contributed by atoms with Gasteiger partial charge in [0.05, 0.1) is 6.61 Å². The van der Waals surface area contributed by atoms with Gasteiger partial charge in [-0.05, 0) is 46.5 Å². The zero-order valence-corrected chi connectivity index (χ0v) is 14.4. The molecule has 0 unspecified atom stereocenters. The molecule has 0 atom stereocenters. The summed E-state index contributed by atoms with van der Waals surface area (Å²) in [6.07, 6.45) is 2.21. The van der Waals surface area contributed by atoms with Crippen molar-refractivity contribution in [2.24, 2.45) is 5.92 Å². The van der Waals surface area contributed by atoms with E-state index in [9.17, 15) is 9.59 Å². The molecule has 1 aliphatic heterocycles. The summed E-state index contributed by atoms with van der Waals surface area (Å²) in [7, 11) is 1.54. The van der Waals surface area contributed by atoms with E-state index in [4.69, 9.17) is 9.84 Å². The normalized spacial score (nSPS) is 20.6. The standard InChI is InChI=1S/C16H30N2O4/c1-15(2)9-12(10-16(3,4)17-15)8-13(19)18(6-7-22-5)11-14(20)21/h12,17H,6-11H2,1-5H3,(H,20,21). The second kappa shape index (κ2) is 7.42. The Hall–Kier alpha value is -1.14. The van der Waals surface area contributed by atoms with Gasteiger partial charge in [-0.2, -0.15) is 0 Å². The van der Waals surface area contributed by atoms with Gasteiger partial charge in [0.25, 0.3) is 0 Å². The van der Waals surface area contributed by atoms with Crippen LogP contribution in [-0.2, 0) is 14.3 Å². The Labute approximate surface area is 133 Å². The molecule has 1 saturated heterocycles. The molecule has 6 heteroatoms. The maximum atomic E-state index is 12.5. The Balaban J connectivity index is 2.69. The van der Waals surface area contributed by atoms with Crippen LogP contribution in [0.1, 0.15) is 47.0 Å². The lowest BCUT2D eigenvalue weighted by molar-refractivity contribution is -0.145. The summed E-state index contributed by atoms with van der Waals surface area (Å²) in [6, 6.07) is 0. The van der Waals surface area contributed by atoms with Crippen molar-refractivity contribution >= 4 is 11.9 Å². The van der Waals surface area contributed by atoms with Crippen LogP contribution in [0.3, 0.4) is 0 Å². The molecule has 0 bridgehead atoms. The second-order valence-corrected chi connectivity index (χ2v) is 7.57. The summed E-state index contributed by atoms with van der Waals surface area (Å²) in [5, 5.41) is 12.6. The smallest absolute Gasteiger partial charge is 0.323 e. The van der Waals surface area contributed by atoms with Crippen LogP contribution < -0.4 is 5.32 Å². The predicted octanol–water partition coefficient (Wildman–Crippen LogP) is 1.49. The summed E-state index contributed by atoms with van der Waals surface area (Å²) in [6.45, 7) is 8.98. The van der Waals surface area contributed by atoms with Crippen LogP contribution >= 0.6 is 0 Å². The predicted molar refractivity (Wildman–Crippen MR) is 84.7 cm³/mol. The number of ether oxygens (including phenoxy) is 1. The maximum Gasteiger partial charge on any atom is 0.323 e. The quantitative estimate of drug-likeness (QED) is 0.744. The number of hydrogen-bond acceptors (Lipinski definition) is 4. The van der Waals surface area contributed by atoms with Gasteiger partial charge in [0.15, 0.2) is 0 Å². The number of nitrogens with zero attached hydrogens (tertiary/aromatic N) is 1. The first-order valence-electron chi connectivity index (χ1n) is 7.82. The molecule has 0 radical (unpaired) electrons. The number of methoxy groups -OCH3 is 1. The summed E-state index contributed by atoms with van der Waals surface area (Å²) >= 11 is 0. The molecule has 0 aromatic heterocycles. The molecule has 0 aromatic rings. The average Bonchev–Trinajstić information content (AvgIpc) is 2.29. The van der Waals surface area contributed by atoms with Gasteiger partial charge in [0, 0.05) is 31.2 Å². The minimum absolute atomic E-state index is 0.0170. The molecule has 2 N–H and O–H groups in total. The van der Waals surface area contributed by atoms with Crippen molar-refractivity contribution in [3.8, 4) is 0 Å². The third-order valence-corrected chi connectivity index (χ3v) is 3.98. The van der Waals surface area contributed by atoms with Crippen molar-refractivity contribution in [1.82, 2.24) is 10.2 Å². The Morgan fingerprint density at radius 2 is 1.77 bits per heavy atom. The van der Waals surface area contributed by atoms with Crippen molar-refractivity contribution in [3.63, 3.8) is 0 Å². The molecule has 1 amide bonds. The zero-order chi connectivity index (χ0) is 17.0. The summed E-state index contributed by atoms with van der Waals surface area (Å²) in [5.41, 5.74) is -0.0340. The number of amides is 1. The topological polar surface area (TPSA) is 78.9 Å². The number of nitrogens with one attached hydrogen (secondary N) is 1. The van der Waals surface area contributed by atoms with Crippen LogP contribution in [0.15, 0.2) is 0 Å². The fourth-order valence-corrected chi connectivity index (χ4v) is 3.71. The molecule has 128 valence electrons. The SMILES string of the molecule is COCCN(CC(=O)O)C(=O)CC1CC(C)(C)NC(C)(C)C1. The van der Waals surface area contributed by atoms with Gasteiger partial charge in [-0.3, -0.25) is 9.59 Å². The number of carbonyl (C=O) groups excluding carboxylic acids is 1. The summed E-state index contributed by atoms with van der Waals surface area (Å²) in [5.74, 6) is -0.828. The fourth-order valence-electron chi connectivity index (χ4n) is 3.71. The number of piperidine rings is 1. The molecule has 1 rings (SSSR count). The number of carbonyl (C=O) groups is 2. The van der Waals surface area contributed by atoms with Gasteiger partial charge in [-0.1, -0.05) is 0 Å². The van der Waals surface area contributed by atoms with E-state index in [0.29, 0.717) is 19.6 Å². The highest BCUT2D eigenvalue weighted by molar-refractivity contribution is 5.81. The molecule has 0 saturated carbocycles. The van der Waals surface area contributed by atoms with Crippen LogP contribution in [0.2, 0.25) is 0 Å². The lowest BCUT2D eigenvalue weighted by Gasteiger charge is -2.46. The third kappa shape index (κ3) is 6.32. The highest BCUT2D eigenvalue weighted by Crippen LogP contribution is 2.34. The van der Waals surface area contributed by atoms with Crippen LogP contribution in [-0.4, -0.2) is 59.8 Å². The molecule has 6 nitrogen and oxygen atoms in total. The number of rotatable bonds is 7. The van der Waals surface area contributed by atoms with Gasteiger partial charge in [0.1, 0.15) is 6.54 Å². The molecule has 1 heterocycles. The molecular formula is C16H30N2O4. The minimum Gasteiger partial charge on any atom is -0.480 e. The van der Waals surface area contributed by atoms with E-state index >= 15 is 0 Å². The third-order valence-electron chi connectivity index (χ3n) is 3.98. The maximum absolute atomic E-state index is 12.5. The number of hydrogen-bond donors (Lipinski definition) is 2. The lowest BCUT2D eigenvalue weighted by Crippen LogP contribution is -2.58. The highest BCUT2D eigenvalue weighted by atomic mass is 16.5. The summed E-state index contributed by atoms with van der Waals surface area (Å²) < 4.78 is 4.96. The molecule has 1 aliphatic rings. The number of carboxylic acid groups (broad SMARTS) is 1. The first kappa shape index (κ1) is 18.9. The first-order chi connectivity index (χ1) is 10.0. The van der Waals surface area contributed by atoms with Crippen LogP contribution in [0.4, 0.5) is 0 Å². The van der Waals surface area contributed by atoms with E-state index in [-0.39, 0.29) is 29.4 Å². The molecule has 0 aliphatic carbocycles. The van der Waals surface area contributed by atoms with Crippen LogP contribution in [0.5, 0.6) is 0 Å². The fraction of sp³-hybridized carbons (Fsp3) is 0.875. The van der Waals surface area contributed by atoms with Gasteiger partial charge >= 0.3 is 5.97 Å². The van der Waals surface area contributed by atoms with Crippen molar-refractivity contribution in [3.05, 3.63) is 0 Å². The van der Waals surface area contributed by atoms with E-state index in [1.54, 1.807) is 7.11 Å². The lowest BCUT2D eigenvalue weighted by atomic mass is 9.74. The van der Waals surface area contributed by atoms with E-state index in [2.05, 4.69) is 33.0 Å². The van der Waals surface area contributed by atoms with Crippen LogP contribution in [0.25, 0.3) is 0 Å². The van der Waals surface area contributed by atoms with E-state index < -0.39 is 5.97 Å². The Morgan fingerprint density at radius 1 is 1.23 bits per heavy atom. The largest absolute Gasteiger partial charge is 0.480 e. The van der Waals surface area contributed by atoms with E-state index in [1.807, 2.05) is 0 Å². The van der Waals surface area contributed by atoms with E-state index in [1.165, 1.54) is 4.90 Å². The summed E-state index contributed by atoms with van der Waals surface area (Å²) in [4.78, 5) is 24.8. The molecule has 0 aromatic carbocycles. The van der Waals surface area contributed by atoms with Gasteiger partial charge < -0.3 is 20.1 Å². The Morgan fingerprint density at radius 3 is 2.23 bits per heavy atom.